The van der Waals surface area contributed by atoms with Gasteiger partial charge in [0.05, 0.1) is 12.6 Å². The number of para-hydroxylation sites is 1. The minimum absolute atomic E-state index is 0.512. The van der Waals surface area contributed by atoms with Crippen LogP contribution in [0.5, 0.6) is 5.75 Å². The van der Waals surface area contributed by atoms with Crippen molar-refractivity contribution in [3.05, 3.63) is 71.3 Å². The van der Waals surface area contributed by atoms with Crippen molar-refractivity contribution >= 4 is 27.1 Å². The van der Waals surface area contributed by atoms with Crippen LogP contribution in [0.15, 0.2) is 64.4 Å². The van der Waals surface area contributed by atoms with Crippen molar-refractivity contribution in [3.8, 4) is 5.75 Å². The molecule has 136 valence electrons. The van der Waals surface area contributed by atoms with E-state index in [-0.39, 0.29) is 0 Å². The van der Waals surface area contributed by atoms with Gasteiger partial charge in [-0.3, -0.25) is 0 Å². The fraction of sp³-hybridized carbons (Fsp3) is 0.200. The minimum Gasteiger partial charge on any atom is -0.490 e. The number of hydrogen-bond donors (Lipinski definition) is 1. The van der Waals surface area contributed by atoms with Gasteiger partial charge in [-0.05, 0) is 37.6 Å². The van der Waals surface area contributed by atoms with Crippen LogP contribution in [-0.4, -0.2) is 15.0 Å². The topological polar surface area (TPSA) is 68.5 Å². The molecule has 1 unspecified atom stereocenters. The zero-order chi connectivity index (χ0) is 18.6. The molecule has 1 heterocycles. The standard InChI is InChI=1S/C20H21NO4S/c1-3-24-18-11-7-10-17-14-19(25-20(17)18)15(2)21-26(22,23)13-12-16-8-5-4-6-9-16/h4-15,21H,3H2,1-2H3/b13-12+. The van der Waals surface area contributed by atoms with Crippen LogP contribution >= 0.6 is 0 Å². The molecule has 0 aliphatic rings. The number of benzene rings is 2. The summed E-state index contributed by atoms with van der Waals surface area (Å²) in [5.41, 5.74) is 1.44. The van der Waals surface area contributed by atoms with Crippen LogP contribution in [0.25, 0.3) is 17.0 Å². The molecule has 0 aliphatic carbocycles. The zero-order valence-corrected chi connectivity index (χ0v) is 15.5. The first-order chi connectivity index (χ1) is 12.5. The molecule has 1 N–H and O–H groups in total. The lowest BCUT2D eigenvalue weighted by Crippen LogP contribution is -2.24. The molecule has 0 saturated carbocycles. The van der Waals surface area contributed by atoms with Gasteiger partial charge in [0.2, 0.25) is 10.0 Å². The second kappa shape index (κ2) is 7.76. The minimum atomic E-state index is -3.61. The van der Waals surface area contributed by atoms with E-state index in [0.29, 0.717) is 23.7 Å². The molecule has 26 heavy (non-hydrogen) atoms. The van der Waals surface area contributed by atoms with Gasteiger partial charge in [-0.25, -0.2) is 13.1 Å². The summed E-state index contributed by atoms with van der Waals surface area (Å²) in [6.07, 6.45) is 1.56. The van der Waals surface area contributed by atoms with E-state index in [1.165, 1.54) is 0 Å². The molecule has 0 amide bonds. The van der Waals surface area contributed by atoms with Crippen LogP contribution in [0.3, 0.4) is 0 Å². The highest BCUT2D eigenvalue weighted by molar-refractivity contribution is 7.92. The fourth-order valence-corrected chi connectivity index (χ4v) is 3.64. The van der Waals surface area contributed by atoms with E-state index in [0.717, 1.165) is 16.4 Å². The summed E-state index contributed by atoms with van der Waals surface area (Å²) in [6.45, 7) is 4.17. The smallest absolute Gasteiger partial charge is 0.234 e. The van der Waals surface area contributed by atoms with Crippen molar-refractivity contribution in [3.63, 3.8) is 0 Å². The summed E-state index contributed by atoms with van der Waals surface area (Å²) in [6, 6.07) is 16.2. The monoisotopic (exact) mass is 371 g/mol. The predicted octanol–water partition coefficient (Wildman–Crippen LogP) is 4.48. The van der Waals surface area contributed by atoms with Gasteiger partial charge in [-0.2, -0.15) is 0 Å². The number of hydrogen-bond acceptors (Lipinski definition) is 4. The first-order valence-corrected chi connectivity index (χ1v) is 9.94. The third kappa shape index (κ3) is 4.33. The van der Waals surface area contributed by atoms with Crippen LogP contribution in [0.4, 0.5) is 0 Å². The van der Waals surface area contributed by atoms with Gasteiger partial charge in [0, 0.05) is 10.8 Å². The van der Waals surface area contributed by atoms with Crippen molar-refractivity contribution in [1.29, 1.82) is 0 Å². The molecular formula is C20H21NO4S. The molecule has 2 aromatic carbocycles. The molecule has 0 bridgehead atoms. The summed E-state index contributed by atoms with van der Waals surface area (Å²) < 4.78 is 38.6. The predicted molar refractivity (Wildman–Crippen MR) is 103 cm³/mol. The van der Waals surface area contributed by atoms with E-state index in [4.69, 9.17) is 9.15 Å². The molecule has 1 aromatic heterocycles. The maximum Gasteiger partial charge on any atom is 0.234 e. The van der Waals surface area contributed by atoms with Gasteiger partial charge in [0.25, 0.3) is 0 Å². The summed E-state index contributed by atoms with van der Waals surface area (Å²) in [5, 5.41) is 2.03. The highest BCUT2D eigenvalue weighted by atomic mass is 32.2. The number of fused-ring (bicyclic) bond motifs is 1. The van der Waals surface area contributed by atoms with Gasteiger partial charge in [0.15, 0.2) is 11.3 Å². The third-order valence-electron chi connectivity index (χ3n) is 3.83. The van der Waals surface area contributed by atoms with Gasteiger partial charge in [-0.1, -0.05) is 42.5 Å². The third-order valence-corrected chi connectivity index (χ3v) is 5.01. The quantitative estimate of drug-likeness (QED) is 0.665. The van der Waals surface area contributed by atoms with Crippen LogP contribution in [0, 0.1) is 0 Å². The molecule has 0 saturated heterocycles. The molecule has 3 rings (SSSR count). The summed E-state index contributed by atoms with van der Waals surface area (Å²) >= 11 is 0. The van der Waals surface area contributed by atoms with E-state index in [1.807, 2.05) is 61.5 Å². The lowest BCUT2D eigenvalue weighted by atomic mass is 10.2. The van der Waals surface area contributed by atoms with E-state index < -0.39 is 16.1 Å². The number of furan rings is 1. The maximum atomic E-state index is 12.3. The highest BCUT2D eigenvalue weighted by Crippen LogP contribution is 2.31. The Morgan fingerprint density at radius 1 is 1.15 bits per heavy atom. The first kappa shape index (κ1) is 18.2. The molecule has 6 heteroatoms. The summed E-state index contributed by atoms with van der Waals surface area (Å²) in [5.74, 6) is 1.18. The average molecular weight is 371 g/mol. The molecule has 3 aromatic rings. The Morgan fingerprint density at radius 3 is 2.65 bits per heavy atom. The lowest BCUT2D eigenvalue weighted by molar-refractivity contribution is 0.336. The second-order valence-corrected chi connectivity index (χ2v) is 7.45. The Hall–Kier alpha value is -2.57. The van der Waals surface area contributed by atoms with Gasteiger partial charge >= 0.3 is 0 Å². The molecular weight excluding hydrogens is 350 g/mol. The van der Waals surface area contributed by atoms with Crippen LogP contribution in [0.1, 0.15) is 31.2 Å². The van der Waals surface area contributed by atoms with Crippen molar-refractivity contribution < 1.29 is 17.6 Å². The largest absolute Gasteiger partial charge is 0.490 e. The maximum absolute atomic E-state index is 12.3. The Balaban J connectivity index is 1.79. The van der Waals surface area contributed by atoms with Gasteiger partial charge in [-0.15, -0.1) is 0 Å². The van der Waals surface area contributed by atoms with Crippen LogP contribution in [0.2, 0.25) is 0 Å². The molecule has 0 spiro atoms. The lowest BCUT2D eigenvalue weighted by Gasteiger charge is -2.09. The first-order valence-electron chi connectivity index (χ1n) is 8.39. The van der Waals surface area contributed by atoms with Crippen LogP contribution in [-0.2, 0) is 10.0 Å². The van der Waals surface area contributed by atoms with Crippen molar-refractivity contribution in [2.24, 2.45) is 0 Å². The summed E-state index contributed by atoms with van der Waals surface area (Å²) in [7, 11) is -3.61. The number of sulfonamides is 1. The summed E-state index contributed by atoms with van der Waals surface area (Å²) in [4.78, 5) is 0. The molecule has 0 radical (unpaired) electrons. The van der Waals surface area contributed by atoms with Crippen molar-refractivity contribution in [2.45, 2.75) is 19.9 Å². The number of nitrogens with one attached hydrogen (secondary N) is 1. The Labute approximate surface area is 153 Å². The molecule has 5 nitrogen and oxygen atoms in total. The zero-order valence-electron chi connectivity index (χ0n) is 14.7. The van der Waals surface area contributed by atoms with Crippen molar-refractivity contribution in [1.82, 2.24) is 4.72 Å². The van der Waals surface area contributed by atoms with Crippen LogP contribution < -0.4 is 9.46 Å². The Bertz CT molecular complexity index is 1010. The number of ether oxygens (including phenoxy) is 1. The van der Waals surface area contributed by atoms with E-state index >= 15 is 0 Å². The Kier molecular flexibility index (Phi) is 5.44. The fourth-order valence-electron chi connectivity index (χ4n) is 2.61. The highest BCUT2D eigenvalue weighted by Gasteiger charge is 2.18. The normalized spacial score (nSPS) is 13.3. The van der Waals surface area contributed by atoms with Crippen molar-refractivity contribution in [2.75, 3.05) is 6.61 Å². The van der Waals surface area contributed by atoms with E-state index in [2.05, 4.69) is 4.72 Å². The molecule has 1 atom stereocenters. The SMILES string of the molecule is CCOc1cccc2cc(C(C)NS(=O)(=O)/C=C/c3ccccc3)oc12. The Morgan fingerprint density at radius 2 is 1.92 bits per heavy atom. The second-order valence-electron chi connectivity index (χ2n) is 5.85. The van der Waals surface area contributed by atoms with E-state index in [9.17, 15) is 8.42 Å². The average Bonchev–Trinajstić information content (AvgIpc) is 3.06. The van der Waals surface area contributed by atoms with Gasteiger partial charge in [0.1, 0.15) is 5.76 Å². The van der Waals surface area contributed by atoms with E-state index in [1.54, 1.807) is 13.0 Å². The molecule has 0 fully saturated rings. The molecule has 0 aliphatic heterocycles. The number of rotatable bonds is 7. The van der Waals surface area contributed by atoms with Gasteiger partial charge < -0.3 is 9.15 Å².